The largest absolute Gasteiger partial charge is 0.393 e. The molecule has 2 unspecified atom stereocenters. The predicted molar refractivity (Wildman–Crippen MR) is 110 cm³/mol. The molecule has 27 heavy (non-hydrogen) atoms. The second-order valence-corrected chi connectivity index (χ2v) is 7.94. The molecule has 3 rings (SSSR count). The van der Waals surface area contributed by atoms with E-state index in [9.17, 15) is 9.90 Å². The van der Waals surface area contributed by atoms with E-state index in [1.807, 2.05) is 19.1 Å². The standard InChI is InChI=1S/C20H21Cl2N3O2/c1-13(26)11-20(2)12-25(19(27)23-17-9-7-16(22)8-10-17)24-18(20)14-3-5-15(21)6-4-14/h3-10,13,26H,11-12H2,1-2H3,(H,23,27). The quantitative estimate of drug-likeness (QED) is 0.749. The lowest BCUT2D eigenvalue weighted by Gasteiger charge is -2.27. The molecule has 0 aromatic heterocycles. The minimum absolute atomic E-state index is 0.335. The van der Waals surface area contributed by atoms with Gasteiger partial charge in [0.15, 0.2) is 0 Å². The van der Waals surface area contributed by atoms with Crippen LogP contribution in [0.5, 0.6) is 0 Å². The summed E-state index contributed by atoms with van der Waals surface area (Å²) in [5.74, 6) is 0. The Kier molecular flexibility index (Phi) is 5.75. The summed E-state index contributed by atoms with van der Waals surface area (Å²) in [6, 6.07) is 13.9. The van der Waals surface area contributed by atoms with E-state index in [1.54, 1.807) is 43.3 Å². The monoisotopic (exact) mass is 405 g/mol. The molecule has 2 aromatic rings. The fraction of sp³-hybridized carbons (Fsp3) is 0.300. The first-order valence-corrected chi connectivity index (χ1v) is 9.40. The molecule has 0 bridgehead atoms. The summed E-state index contributed by atoms with van der Waals surface area (Å²) in [6.07, 6.45) is -0.0362. The molecule has 2 atom stereocenters. The molecule has 0 spiro atoms. The van der Waals surface area contributed by atoms with Gasteiger partial charge in [-0.1, -0.05) is 42.3 Å². The number of halogens is 2. The minimum atomic E-state index is -0.522. The van der Waals surface area contributed by atoms with Gasteiger partial charge in [-0.3, -0.25) is 0 Å². The van der Waals surface area contributed by atoms with Gasteiger partial charge in [-0.15, -0.1) is 0 Å². The molecule has 142 valence electrons. The van der Waals surface area contributed by atoms with Gasteiger partial charge in [0.2, 0.25) is 0 Å². The van der Waals surface area contributed by atoms with E-state index in [0.717, 1.165) is 11.3 Å². The van der Waals surface area contributed by atoms with Gasteiger partial charge in [0.1, 0.15) is 0 Å². The Hall–Kier alpha value is -2.08. The fourth-order valence-electron chi connectivity index (χ4n) is 3.35. The van der Waals surface area contributed by atoms with Crippen LogP contribution in [-0.4, -0.2) is 34.5 Å². The summed E-state index contributed by atoms with van der Waals surface area (Å²) in [5.41, 5.74) is 1.80. The number of benzene rings is 2. The summed E-state index contributed by atoms with van der Waals surface area (Å²) in [4.78, 5) is 12.7. The molecule has 7 heteroatoms. The van der Waals surface area contributed by atoms with Crippen LogP contribution in [0.2, 0.25) is 10.0 Å². The van der Waals surface area contributed by atoms with E-state index in [0.29, 0.717) is 28.7 Å². The number of urea groups is 1. The van der Waals surface area contributed by atoms with Crippen LogP contribution in [0.4, 0.5) is 10.5 Å². The zero-order chi connectivity index (χ0) is 19.6. The van der Waals surface area contributed by atoms with Crippen molar-refractivity contribution in [3.05, 3.63) is 64.1 Å². The number of hydrogen-bond acceptors (Lipinski definition) is 3. The number of hydrazone groups is 1. The second-order valence-electron chi connectivity index (χ2n) is 7.06. The third-order valence-electron chi connectivity index (χ3n) is 4.48. The van der Waals surface area contributed by atoms with Crippen molar-refractivity contribution in [3.8, 4) is 0 Å². The zero-order valence-corrected chi connectivity index (χ0v) is 16.6. The van der Waals surface area contributed by atoms with Crippen molar-refractivity contribution in [1.82, 2.24) is 5.01 Å². The van der Waals surface area contributed by atoms with Crippen molar-refractivity contribution in [2.75, 3.05) is 11.9 Å². The number of nitrogens with zero attached hydrogens (tertiary/aromatic N) is 2. The van der Waals surface area contributed by atoms with Crippen molar-refractivity contribution in [2.24, 2.45) is 10.5 Å². The molecular formula is C20H21Cl2N3O2. The Labute approximate surface area is 168 Å². The first kappa shape index (κ1) is 19.7. The molecule has 0 aliphatic carbocycles. The molecule has 1 aliphatic heterocycles. The number of nitrogens with one attached hydrogen (secondary N) is 1. The van der Waals surface area contributed by atoms with Crippen LogP contribution in [0.1, 0.15) is 25.8 Å². The third kappa shape index (κ3) is 4.61. The third-order valence-corrected chi connectivity index (χ3v) is 4.99. The summed E-state index contributed by atoms with van der Waals surface area (Å²) < 4.78 is 0. The van der Waals surface area contributed by atoms with E-state index in [4.69, 9.17) is 23.2 Å². The Morgan fingerprint density at radius 2 is 1.74 bits per heavy atom. The number of carbonyl (C=O) groups excluding carboxylic acids is 1. The fourth-order valence-corrected chi connectivity index (χ4v) is 3.60. The Bertz CT molecular complexity index is 851. The summed E-state index contributed by atoms with van der Waals surface area (Å²) >= 11 is 11.9. The summed E-state index contributed by atoms with van der Waals surface area (Å²) in [6.45, 7) is 4.11. The topological polar surface area (TPSA) is 64.9 Å². The molecule has 0 saturated carbocycles. The van der Waals surface area contributed by atoms with Crippen molar-refractivity contribution in [2.45, 2.75) is 26.4 Å². The van der Waals surface area contributed by atoms with Crippen LogP contribution in [0.3, 0.4) is 0 Å². The summed E-state index contributed by atoms with van der Waals surface area (Å²) in [5, 5.41) is 20.0. The lowest BCUT2D eigenvalue weighted by atomic mass is 9.78. The number of anilines is 1. The predicted octanol–water partition coefficient (Wildman–Crippen LogP) is 5.02. The molecular weight excluding hydrogens is 385 g/mol. The molecule has 0 fully saturated rings. The average molecular weight is 406 g/mol. The molecule has 2 N–H and O–H groups in total. The Balaban J connectivity index is 1.86. The van der Waals surface area contributed by atoms with Gasteiger partial charge in [-0.05, 0) is 55.3 Å². The zero-order valence-electron chi connectivity index (χ0n) is 15.1. The van der Waals surface area contributed by atoms with Crippen LogP contribution in [0, 0.1) is 5.41 Å². The highest BCUT2D eigenvalue weighted by atomic mass is 35.5. The summed E-state index contributed by atoms with van der Waals surface area (Å²) in [7, 11) is 0. The van der Waals surface area contributed by atoms with Gasteiger partial charge in [-0.25, -0.2) is 9.80 Å². The maximum absolute atomic E-state index is 12.7. The van der Waals surface area contributed by atoms with E-state index < -0.39 is 11.5 Å². The lowest BCUT2D eigenvalue weighted by Crippen LogP contribution is -2.37. The van der Waals surface area contributed by atoms with Gasteiger partial charge in [0.05, 0.1) is 18.4 Å². The SMILES string of the molecule is CC(O)CC1(C)CN(C(=O)Nc2ccc(Cl)cc2)N=C1c1ccc(Cl)cc1. The van der Waals surface area contributed by atoms with Crippen LogP contribution in [0.15, 0.2) is 53.6 Å². The maximum atomic E-state index is 12.7. The number of aliphatic hydroxyl groups excluding tert-OH is 1. The number of rotatable bonds is 4. The highest BCUT2D eigenvalue weighted by molar-refractivity contribution is 6.31. The number of amides is 2. The van der Waals surface area contributed by atoms with Crippen molar-refractivity contribution in [1.29, 1.82) is 0 Å². The molecule has 0 radical (unpaired) electrons. The van der Waals surface area contributed by atoms with E-state index in [-0.39, 0.29) is 6.03 Å². The molecule has 2 amide bonds. The van der Waals surface area contributed by atoms with E-state index >= 15 is 0 Å². The Morgan fingerprint density at radius 1 is 1.19 bits per heavy atom. The van der Waals surface area contributed by atoms with Crippen LogP contribution in [-0.2, 0) is 0 Å². The van der Waals surface area contributed by atoms with Crippen molar-refractivity contribution < 1.29 is 9.90 Å². The molecule has 1 heterocycles. The first-order chi connectivity index (χ1) is 12.8. The van der Waals surface area contributed by atoms with Crippen molar-refractivity contribution in [3.63, 3.8) is 0 Å². The number of hydrogen-bond donors (Lipinski definition) is 2. The first-order valence-electron chi connectivity index (χ1n) is 8.64. The lowest BCUT2D eigenvalue weighted by molar-refractivity contribution is 0.139. The van der Waals surface area contributed by atoms with Gasteiger partial charge < -0.3 is 10.4 Å². The van der Waals surface area contributed by atoms with Gasteiger partial charge in [0.25, 0.3) is 0 Å². The van der Waals surface area contributed by atoms with Gasteiger partial charge >= 0.3 is 6.03 Å². The minimum Gasteiger partial charge on any atom is -0.393 e. The normalized spacial score (nSPS) is 20.3. The molecule has 2 aromatic carbocycles. The molecule has 5 nitrogen and oxygen atoms in total. The van der Waals surface area contributed by atoms with Crippen LogP contribution in [0.25, 0.3) is 0 Å². The number of carbonyl (C=O) groups is 1. The maximum Gasteiger partial charge on any atom is 0.342 e. The van der Waals surface area contributed by atoms with E-state index in [2.05, 4.69) is 10.4 Å². The van der Waals surface area contributed by atoms with Gasteiger partial charge in [-0.2, -0.15) is 5.10 Å². The van der Waals surface area contributed by atoms with Crippen LogP contribution < -0.4 is 5.32 Å². The van der Waals surface area contributed by atoms with Crippen LogP contribution >= 0.6 is 23.2 Å². The average Bonchev–Trinajstić information content (AvgIpc) is 2.94. The van der Waals surface area contributed by atoms with Gasteiger partial charge in [0, 0.05) is 21.1 Å². The smallest absolute Gasteiger partial charge is 0.342 e. The second kappa shape index (κ2) is 7.89. The highest BCUT2D eigenvalue weighted by Gasteiger charge is 2.42. The Morgan fingerprint density at radius 3 is 2.30 bits per heavy atom. The highest BCUT2D eigenvalue weighted by Crippen LogP contribution is 2.36. The molecule has 0 saturated heterocycles. The molecule has 1 aliphatic rings. The number of aliphatic hydroxyl groups is 1. The van der Waals surface area contributed by atoms with E-state index in [1.165, 1.54) is 5.01 Å². The van der Waals surface area contributed by atoms with Crippen molar-refractivity contribution >= 4 is 40.6 Å².